The lowest BCUT2D eigenvalue weighted by Gasteiger charge is -2.33. The third kappa shape index (κ3) is 5.51. The number of carbonyl (C=O) groups excluding carboxylic acids is 1. The number of halogens is 1. The molecule has 124 valence electrons. The maximum absolute atomic E-state index is 12.0. The van der Waals surface area contributed by atoms with Gasteiger partial charge in [0.2, 0.25) is 5.91 Å². The molecule has 1 fully saturated rings. The highest BCUT2D eigenvalue weighted by Gasteiger charge is 2.22. The zero-order valence-electron chi connectivity index (χ0n) is 13.4. The third-order valence-electron chi connectivity index (χ3n) is 4.02. The molecule has 0 aromatic heterocycles. The first kappa shape index (κ1) is 17.7. The van der Waals surface area contributed by atoms with E-state index in [2.05, 4.69) is 11.0 Å². The van der Waals surface area contributed by atoms with Gasteiger partial charge in [-0.15, -0.1) is 0 Å². The van der Waals surface area contributed by atoms with Gasteiger partial charge in [-0.1, -0.05) is 23.7 Å². The lowest BCUT2D eigenvalue weighted by atomic mass is 10.1. The summed E-state index contributed by atoms with van der Waals surface area (Å²) in [6, 6.07) is 9.76. The van der Waals surface area contributed by atoms with Gasteiger partial charge < -0.3 is 9.64 Å². The molecule has 1 aromatic carbocycles. The molecule has 0 saturated carbocycles. The first-order valence-electron chi connectivity index (χ1n) is 7.80. The number of hydrogen-bond donors (Lipinski definition) is 0. The lowest BCUT2D eigenvalue weighted by Crippen LogP contribution is -2.40. The Hall–Kier alpha value is -1.61. The van der Waals surface area contributed by atoms with Crippen LogP contribution in [0.25, 0.3) is 0 Å². The summed E-state index contributed by atoms with van der Waals surface area (Å²) in [6.07, 6.45) is 0.862. The first-order valence-corrected chi connectivity index (χ1v) is 8.18. The van der Waals surface area contributed by atoms with Crippen LogP contribution in [-0.4, -0.2) is 55.5 Å². The van der Waals surface area contributed by atoms with Crippen LogP contribution in [-0.2, 0) is 9.53 Å². The van der Waals surface area contributed by atoms with Crippen LogP contribution in [0.4, 0.5) is 0 Å². The molecule has 0 radical (unpaired) electrons. The molecule has 1 aromatic rings. The molecular formula is C17H22ClN3O2. The Labute approximate surface area is 142 Å². The van der Waals surface area contributed by atoms with Crippen molar-refractivity contribution < 1.29 is 9.53 Å². The lowest BCUT2D eigenvalue weighted by molar-refractivity contribution is -0.130. The van der Waals surface area contributed by atoms with E-state index in [0.29, 0.717) is 37.6 Å². The minimum Gasteiger partial charge on any atom is -0.371 e. The minimum atomic E-state index is 0.0208. The topological polar surface area (TPSA) is 56.6 Å². The van der Waals surface area contributed by atoms with E-state index in [1.165, 1.54) is 0 Å². The standard InChI is InChI=1S/C17H22ClN3O2/c1-20(9-2-8-19)17(22)7-10-21-11-12-23-16(13-21)14-3-5-15(18)6-4-14/h3-6,16H,2,7,9-13H2,1H3/t16-/m1/s1. The highest BCUT2D eigenvalue weighted by atomic mass is 35.5. The molecule has 0 bridgehead atoms. The molecular weight excluding hydrogens is 314 g/mol. The molecule has 1 amide bonds. The Kier molecular flexibility index (Phi) is 6.85. The molecule has 5 nitrogen and oxygen atoms in total. The second kappa shape index (κ2) is 8.88. The van der Waals surface area contributed by atoms with Crippen LogP contribution in [0.5, 0.6) is 0 Å². The van der Waals surface area contributed by atoms with Gasteiger partial charge >= 0.3 is 0 Å². The van der Waals surface area contributed by atoms with Crippen LogP contribution in [0, 0.1) is 11.3 Å². The molecule has 1 atom stereocenters. The number of amides is 1. The van der Waals surface area contributed by atoms with E-state index >= 15 is 0 Å². The van der Waals surface area contributed by atoms with E-state index < -0.39 is 0 Å². The van der Waals surface area contributed by atoms with Gasteiger partial charge in [0.15, 0.2) is 0 Å². The predicted molar refractivity (Wildman–Crippen MR) is 89.1 cm³/mol. The van der Waals surface area contributed by atoms with E-state index in [9.17, 15) is 4.79 Å². The SMILES string of the molecule is CN(CCC#N)C(=O)CCN1CCO[C@@H](c2ccc(Cl)cc2)C1. The van der Waals surface area contributed by atoms with Crippen molar-refractivity contribution in [2.24, 2.45) is 0 Å². The van der Waals surface area contributed by atoms with Crippen molar-refractivity contribution in [1.82, 2.24) is 9.80 Å². The average Bonchev–Trinajstić information content (AvgIpc) is 2.58. The summed E-state index contributed by atoms with van der Waals surface area (Å²) in [6.45, 7) is 3.47. The molecule has 23 heavy (non-hydrogen) atoms. The zero-order valence-corrected chi connectivity index (χ0v) is 14.1. The fourth-order valence-electron chi connectivity index (χ4n) is 2.57. The van der Waals surface area contributed by atoms with E-state index in [0.717, 1.165) is 18.7 Å². The van der Waals surface area contributed by atoms with Crippen LogP contribution in [0.15, 0.2) is 24.3 Å². The Balaban J connectivity index is 1.81. The van der Waals surface area contributed by atoms with Crippen molar-refractivity contribution in [3.63, 3.8) is 0 Å². The number of rotatable bonds is 6. The summed E-state index contributed by atoms with van der Waals surface area (Å²) in [5.41, 5.74) is 1.11. The summed E-state index contributed by atoms with van der Waals surface area (Å²) in [5, 5.41) is 9.28. The normalized spacial score (nSPS) is 18.4. The van der Waals surface area contributed by atoms with Gasteiger partial charge in [0.1, 0.15) is 0 Å². The van der Waals surface area contributed by atoms with Gasteiger partial charge in [-0.3, -0.25) is 9.69 Å². The highest BCUT2D eigenvalue weighted by molar-refractivity contribution is 6.30. The van der Waals surface area contributed by atoms with Gasteiger partial charge in [-0.05, 0) is 17.7 Å². The largest absolute Gasteiger partial charge is 0.371 e. The van der Waals surface area contributed by atoms with Gasteiger partial charge in [0, 0.05) is 44.7 Å². The molecule has 0 aliphatic carbocycles. The second-order valence-corrected chi connectivity index (χ2v) is 6.12. The van der Waals surface area contributed by atoms with Crippen molar-refractivity contribution in [1.29, 1.82) is 5.26 Å². The quantitative estimate of drug-likeness (QED) is 0.801. The molecule has 0 unspecified atom stereocenters. The Morgan fingerprint density at radius 3 is 2.91 bits per heavy atom. The van der Waals surface area contributed by atoms with Crippen LogP contribution < -0.4 is 0 Å². The number of hydrogen-bond acceptors (Lipinski definition) is 4. The molecule has 0 N–H and O–H groups in total. The monoisotopic (exact) mass is 335 g/mol. The Morgan fingerprint density at radius 2 is 2.22 bits per heavy atom. The summed E-state index contributed by atoms with van der Waals surface area (Å²) in [7, 11) is 1.75. The fraction of sp³-hybridized carbons (Fsp3) is 0.529. The number of nitriles is 1. The molecule has 1 aliphatic heterocycles. The number of ether oxygens (including phenoxy) is 1. The average molecular weight is 336 g/mol. The van der Waals surface area contributed by atoms with Crippen molar-refractivity contribution in [2.75, 3.05) is 39.8 Å². The minimum absolute atomic E-state index is 0.0208. The van der Waals surface area contributed by atoms with Crippen LogP contribution in [0.2, 0.25) is 5.02 Å². The number of carbonyl (C=O) groups is 1. The van der Waals surface area contributed by atoms with Crippen LogP contribution in [0.1, 0.15) is 24.5 Å². The highest BCUT2D eigenvalue weighted by Crippen LogP contribution is 2.23. The molecule has 2 rings (SSSR count). The first-order chi connectivity index (χ1) is 11.1. The maximum Gasteiger partial charge on any atom is 0.223 e. The predicted octanol–water partition coefficient (Wildman–Crippen LogP) is 2.48. The Bertz CT molecular complexity index is 556. The summed E-state index contributed by atoms with van der Waals surface area (Å²) < 4.78 is 5.83. The van der Waals surface area contributed by atoms with Crippen molar-refractivity contribution >= 4 is 17.5 Å². The van der Waals surface area contributed by atoms with E-state index in [-0.39, 0.29) is 12.0 Å². The van der Waals surface area contributed by atoms with Gasteiger partial charge in [-0.25, -0.2) is 0 Å². The van der Waals surface area contributed by atoms with Crippen molar-refractivity contribution in [3.05, 3.63) is 34.9 Å². The second-order valence-electron chi connectivity index (χ2n) is 5.68. The maximum atomic E-state index is 12.0. The fourth-order valence-corrected chi connectivity index (χ4v) is 2.70. The number of nitrogens with zero attached hydrogens (tertiary/aromatic N) is 3. The van der Waals surface area contributed by atoms with Crippen LogP contribution in [0.3, 0.4) is 0 Å². The third-order valence-corrected chi connectivity index (χ3v) is 4.27. The zero-order chi connectivity index (χ0) is 16.7. The number of benzene rings is 1. The van der Waals surface area contributed by atoms with E-state index in [1.807, 2.05) is 24.3 Å². The molecule has 0 spiro atoms. The van der Waals surface area contributed by atoms with Crippen LogP contribution >= 0.6 is 11.6 Å². The summed E-state index contributed by atoms with van der Waals surface area (Å²) >= 11 is 5.92. The molecule has 1 heterocycles. The van der Waals surface area contributed by atoms with E-state index in [1.54, 1.807) is 11.9 Å². The molecule has 6 heteroatoms. The van der Waals surface area contributed by atoms with Gasteiger partial charge in [0.25, 0.3) is 0 Å². The summed E-state index contributed by atoms with van der Waals surface area (Å²) in [4.78, 5) is 15.9. The molecule has 1 aliphatic rings. The smallest absolute Gasteiger partial charge is 0.223 e. The van der Waals surface area contributed by atoms with Gasteiger partial charge in [-0.2, -0.15) is 5.26 Å². The van der Waals surface area contributed by atoms with Crippen molar-refractivity contribution in [3.8, 4) is 6.07 Å². The van der Waals surface area contributed by atoms with E-state index in [4.69, 9.17) is 21.6 Å². The number of morpholine rings is 1. The summed E-state index contributed by atoms with van der Waals surface area (Å²) in [5.74, 6) is 0.0785. The molecule has 1 saturated heterocycles. The Morgan fingerprint density at radius 1 is 1.48 bits per heavy atom. The van der Waals surface area contributed by atoms with Crippen molar-refractivity contribution in [2.45, 2.75) is 18.9 Å². The van der Waals surface area contributed by atoms with Gasteiger partial charge in [0.05, 0.1) is 25.2 Å².